The molecule has 0 bridgehead atoms. The molecular formula is C18H16N4O2S2. The van der Waals surface area contributed by atoms with Gasteiger partial charge in [0.25, 0.3) is 5.56 Å². The third-order valence-electron chi connectivity index (χ3n) is 4.19. The Bertz CT molecular complexity index is 1150. The van der Waals surface area contributed by atoms with Crippen LogP contribution < -0.4 is 5.56 Å². The maximum Gasteiger partial charge on any atom is 0.262 e. The summed E-state index contributed by atoms with van der Waals surface area (Å²) in [6, 6.07) is 9.67. The molecule has 0 radical (unpaired) electrons. The molecule has 3 heterocycles. The van der Waals surface area contributed by atoms with Crippen LogP contribution in [0.3, 0.4) is 0 Å². The lowest BCUT2D eigenvalue weighted by atomic mass is 10.2. The minimum Gasteiger partial charge on any atom is -0.338 e. The van der Waals surface area contributed by atoms with Gasteiger partial charge < -0.3 is 4.52 Å². The molecule has 26 heavy (non-hydrogen) atoms. The number of hydrogen-bond acceptors (Lipinski definition) is 7. The van der Waals surface area contributed by atoms with Crippen LogP contribution in [-0.2, 0) is 12.8 Å². The summed E-state index contributed by atoms with van der Waals surface area (Å²) < 4.78 is 6.91. The Labute approximate surface area is 157 Å². The van der Waals surface area contributed by atoms with Gasteiger partial charge in [0, 0.05) is 17.5 Å². The second-order valence-electron chi connectivity index (χ2n) is 5.89. The van der Waals surface area contributed by atoms with E-state index in [-0.39, 0.29) is 5.56 Å². The molecule has 0 saturated heterocycles. The number of hydrogen-bond donors (Lipinski definition) is 0. The van der Waals surface area contributed by atoms with Crippen LogP contribution >= 0.6 is 23.1 Å². The predicted octanol–water partition coefficient (Wildman–Crippen LogP) is 3.95. The van der Waals surface area contributed by atoms with Gasteiger partial charge in [-0.1, -0.05) is 47.3 Å². The highest BCUT2D eigenvalue weighted by Gasteiger charge is 2.16. The summed E-state index contributed by atoms with van der Waals surface area (Å²) in [4.78, 5) is 23.6. The van der Waals surface area contributed by atoms with Crippen molar-refractivity contribution in [1.29, 1.82) is 0 Å². The van der Waals surface area contributed by atoms with E-state index < -0.39 is 0 Å². The van der Waals surface area contributed by atoms with Crippen LogP contribution in [0.2, 0.25) is 0 Å². The molecule has 0 aliphatic rings. The highest BCUT2D eigenvalue weighted by molar-refractivity contribution is 7.98. The molecule has 0 N–H and O–H groups in total. The summed E-state index contributed by atoms with van der Waals surface area (Å²) in [6.45, 7) is 3.98. The summed E-state index contributed by atoms with van der Waals surface area (Å²) in [5.41, 5.74) is 1.90. The Balaban J connectivity index is 1.60. The standard InChI is InChI=1S/C18H16N4O2S2/c1-10-11(2)26-16-14(10)17(23)22(3)18(20-16)25-9-13-19-15(21-24-13)12-7-5-4-6-8-12/h4-8H,9H2,1-3H3. The number of benzene rings is 1. The van der Waals surface area contributed by atoms with Gasteiger partial charge in [-0.25, -0.2) is 4.98 Å². The fourth-order valence-corrected chi connectivity index (χ4v) is 4.51. The molecule has 8 heteroatoms. The highest BCUT2D eigenvalue weighted by Crippen LogP contribution is 2.29. The molecular weight excluding hydrogens is 368 g/mol. The van der Waals surface area contributed by atoms with Gasteiger partial charge in [0.2, 0.25) is 11.7 Å². The molecule has 0 aliphatic heterocycles. The second kappa shape index (κ2) is 6.69. The lowest BCUT2D eigenvalue weighted by Gasteiger charge is -2.05. The minimum absolute atomic E-state index is 0.0187. The van der Waals surface area contributed by atoms with Crippen LogP contribution in [0.1, 0.15) is 16.3 Å². The normalized spacial score (nSPS) is 11.3. The van der Waals surface area contributed by atoms with Crippen LogP contribution in [0.4, 0.5) is 0 Å². The number of fused-ring (bicyclic) bond motifs is 1. The van der Waals surface area contributed by atoms with Crippen molar-refractivity contribution in [2.45, 2.75) is 24.8 Å². The van der Waals surface area contributed by atoms with Crippen molar-refractivity contribution in [2.24, 2.45) is 7.05 Å². The first-order chi connectivity index (χ1) is 12.5. The van der Waals surface area contributed by atoms with Gasteiger partial charge in [0.1, 0.15) is 4.83 Å². The van der Waals surface area contributed by atoms with Crippen molar-refractivity contribution in [1.82, 2.24) is 19.7 Å². The summed E-state index contributed by atoms with van der Waals surface area (Å²) in [5, 5.41) is 5.37. The number of nitrogens with zero attached hydrogens (tertiary/aromatic N) is 4. The van der Waals surface area contributed by atoms with E-state index >= 15 is 0 Å². The first-order valence-corrected chi connectivity index (χ1v) is 9.82. The Morgan fingerprint density at radius 1 is 1.19 bits per heavy atom. The quantitative estimate of drug-likeness (QED) is 0.392. The minimum atomic E-state index is -0.0187. The summed E-state index contributed by atoms with van der Waals surface area (Å²) in [7, 11) is 1.74. The van der Waals surface area contributed by atoms with E-state index in [4.69, 9.17) is 4.52 Å². The van der Waals surface area contributed by atoms with Gasteiger partial charge in [-0.2, -0.15) is 4.98 Å². The zero-order valence-corrected chi connectivity index (χ0v) is 16.1. The molecule has 0 spiro atoms. The predicted molar refractivity (Wildman–Crippen MR) is 104 cm³/mol. The van der Waals surface area contributed by atoms with Crippen molar-refractivity contribution < 1.29 is 4.52 Å². The van der Waals surface area contributed by atoms with E-state index in [0.29, 0.717) is 28.0 Å². The van der Waals surface area contributed by atoms with Crippen molar-refractivity contribution in [3.05, 3.63) is 57.0 Å². The van der Waals surface area contributed by atoms with Crippen LogP contribution in [0.25, 0.3) is 21.6 Å². The summed E-state index contributed by atoms with van der Waals surface area (Å²) >= 11 is 2.96. The first-order valence-electron chi connectivity index (χ1n) is 8.02. The zero-order valence-electron chi connectivity index (χ0n) is 14.5. The van der Waals surface area contributed by atoms with E-state index in [1.807, 2.05) is 44.2 Å². The second-order valence-corrected chi connectivity index (χ2v) is 8.03. The molecule has 4 aromatic rings. The SMILES string of the molecule is Cc1sc2nc(SCc3nc(-c4ccccc4)no3)n(C)c(=O)c2c1C. The lowest BCUT2D eigenvalue weighted by molar-refractivity contribution is 0.391. The fraction of sp³-hybridized carbons (Fsp3) is 0.222. The Hall–Kier alpha value is -2.45. The van der Waals surface area contributed by atoms with Gasteiger partial charge >= 0.3 is 0 Å². The van der Waals surface area contributed by atoms with Crippen molar-refractivity contribution in [3.8, 4) is 11.4 Å². The molecule has 132 valence electrons. The maximum absolute atomic E-state index is 12.6. The number of thiophene rings is 1. The maximum atomic E-state index is 12.6. The van der Waals surface area contributed by atoms with Crippen molar-refractivity contribution >= 4 is 33.3 Å². The number of rotatable bonds is 4. The summed E-state index contributed by atoms with van der Waals surface area (Å²) in [6.07, 6.45) is 0. The molecule has 3 aromatic heterocycles. The number of aryl methyl sites for hydroxylation is 2. The molecule has 0 atom stereocenters. The highest BCUT2D eigenvalue weighted by atomic mass is 32.2. The third-order valence-corrected chi connectivity index (χ3v) is 6.31. The Morgan fingerprint density at radius 3 is 2.73 bits per heavy atom. The van der Waals surface area contributed by atoms with Crippen LogP contribution in [0.5, 0.6) is 0 Å². The van der Waals surface area contributed by atoms with E-state index in [2.05, 4.69) is 15.1 Å². The van der Waals surface area contributed by atoms with Crippen molar-refractivity contribution in [2.75, 3.05) is 0 Å². The average Bonchev–Trinajstić information content (AvgIpc) is 3.23. The van der Waals surface area contributed by atoms with Gasteiger partial charge in [0.15, 0.2) is 5.16 Å². The van der Waals surface area contributed by atoms with Gasteiger partial charge in [-0.3, -0.25) is 9.36 Å². The largest absolute Gasteiger partial charge is 0.338 e. The van der Waals surface area contributed by atoms with Crippen molar-refractivity contribution in [3.63, 3.8) is 0 Å². The number of aromatic nitrogens is 4. The van der Waals surface area contributed by atoms with E-state index in [0.717, 1.165) is 20.8 Å². The molecule has 6 nitrogen and oxygen atoms in total. The Kier molecular flexibility index (Phi) is 4.37. The van der Waals surface area contributed by atoms with Crippen LogP contribution in [-0.4, -0.2) is 19.7 Å². The fourth-order valence-electron chi connectivity index (χ4n) is 2.63. The van der Waals surface area contributed by atoms with E-state index in [9.17, 15) is 4.79 Å². The molecule has 0 amide bonds. The molecule has 1 aromatic carbocycles. The zero-order chi connectivity index (χ0) is 18.3. The molecule has 0 aliphatic carbocycles. The third kappa shape index (κ3) is 2.95. The van der Waals surface area contributed by atoms with Gasteiger partial charge in [0.05, 0.1) is 11.1 Å². The van der Waals surface area contributed by atoms with E-state index in [1.165, 1.54) is 11.8 Å². The topological polar surface area (TPSA) is 73.8 Å². The molecule has 0 saturated carbocycles. The molecule has 0 fully saturated rings. The van der Waals surface area contributed by atoms with Crippen LogP contribution in [0, 0.1) is 13.8 Å². The van der Waals surface area contributed by atoms with Gasteiger partial charge in [-0.05, 0) is 19.4 Å². The molecule has 0 unspecified atom stereocenters. The Morgan fingerprint density at radius 2 is 1.96 bits per heavy atom. The van der Waals surface area contributed by atoms with E-state index in [1.54, 1.807) is 23.0 Å². The first kappa shape index (κ1) is 17.0. The van der Waals surface area contributed by atoms with Gasteiger partial charge in [-0.15, -0.1) is 11.3 Å². The molecule has 4 rings (SSSR count). The number of thioether (sulfide) groups is 1. The van der Waals surface area contributed by atoms with Crippen LogP contribution in [0.15, 0.2) is 44.8 Å². The monoisotopic (exact) mass is 384 g/mol. The summed E-state index contributed by atoms with van der Waals surface area (Å²) in [5.74, 6) is 1.51. The smallest absolute Gasteiger partial charge is 0.262 e. The lowest BCUT2D eigenvalue weighted by Crippen LogP contribution is -2.19. The average molecular weight is 384 g/mol.